The van der Waals surface area contributed by atoms with Crippen molar-refractivity contribution in [1.82, 2.24) is 8.87 Å². The number of sulfonamides is 1. The Bertz CT molecular complexity index is 1380. The molecule has 8 nitrogen and oxygen atoms in total. The van der Waals surface area contributed by atoms with Crippen LogP contribution in [-0.2, 0) is 21.3 Å². The Balaban J connectivity index is 1.66. The molecule has 1 aliphatic heterocycles. The maximum absolute atomic E-state index is 13.1. The first-order valence-electron chi connectivity index (χ1n) is 12.4. The van der Waals surface area contributed by atoms with Crippen molar-refractivity contribution < 1.29 is 22.7 Å². The van der Waals surface area contributed by atoms with E-state index < -0.39 is 15.9 Å². The Morgan fingerprint density at radius 3 is 2.58 bits per heavy atom. The molecule has 36 heavy (non-hydrogen) atoms. The van der Waals surface area contributed by atoms with Gasteiger partial charge in [0, 0.05) is 31.3 Å². The number of aromatic nitrogens is 1. The van der Waals surface area contributed by atoms with Crippen molar-refractivity contribution in [2.24, 2.45) is 4.99 Å². The van der Waals surface area contributed by atoms with Gasteiger partial charge < -0.3 is 14.0 Å². The van der Waals surface area contributed by atoms with Crippen LogP contribution in [-0.4, -0.2) is 55.6 Å². The highest BCUT2D eigenvalue weighted by molar-refractivity contribution is 7.89. The standard InChI is InChI=1S/C26H33N3O5S2/c1-4-33-18-17-28-24-22(34-5-2)10-8-11-23(24)35-26(28)27-25(30)20-12-14-21(15-13-20)36(31,32)29-16-7-6-9-19(29)3/h8,10-15,19H,4-7,9,16-18H2,1-3H3. The Labute approximate surface area is 216 Å². The lowest BCUT2D eigenvalue weighted by atomic mass is 10.1. The molecule has 0 N–H and O–H groups in total. The van der Waals surface area contributed by atoms with Gasteiger partial charge in [-0.1, -0.05) is 23.8 Å². The number of amides is 1. The molecule has 0 bridgehead atoms. The number of fused-ring (bicyclic) bond motifs is 1. The summed E-state index contributed by atoms with van der Waals surface area (Å²) in [4.78, 5) is 18.3. The van der Waals surface area contributed by atoms with Crippen molar-refractivity contribution in [3.05, 3.63) is 52.8 Å². The number of carbonyl (C=O) groups is 1. The fourth-order valence-corrected chi connectivity index (χ4v) is 7.22. The summed E-state index contributed by atoms with van der Waals surface area (Å²) < 4.78 is 42.1. The maximum Gasteiger partial charge on any atom is 0.279 e. The van der Waals surface area contributed by atoms with Crippen LogP contribution in [0.15, 0.2) is 52.4 Å². The van der Waals surface area contributed by atoms with Crippen LogP contribution in [0.2, 0.25) is 0 Å². The minimum atomic E-state index is -3.60. The predicted octanol–water partition coefficient (Wildman–Crippen LogP) is 4.44. The van der Waals surface area contributed by atoms with Gasteiger partial charge in [-0.05, 0) is 70.0 Å². The molecule has 0 saturated carbocycles. The average Bonchev–Trinajstić information content (AvgIpc) is 3.22. The summed E-state index contributed by atoms with van der Waals surface area (Å²) in [5, 5.41) is 0. The van der Waals surface area contributed by atoms with Crippen molar-refractivity contribution >= 4 is 37.5 Å². The molecule has 10 heteroatoms. The van der Waals surface area contributed by atoms with Gasteiger partial charge in [-0.2, -0.15) is 9.30 Å². The molecule has 1 aliphatic rings. The molecule has 3 aromatic rings. The van der Waals surface area contributed by atoms with E-state index in [0.29, 0.717) is 43.3 Å². The number of piperidine rings is 1. The Kier molecular flexibility index (Phi) is 8.61. The number of hydrogen-bond acceptors (Lipinski definition) is 6. The third-order valence-electron chi connectivity index (χ3n) is 6.27. The lowest BCUT2D eigenvalue weighted by molar-refractivity contribution is 0.0996. The largest absolute Gasteiger partial charge is 0.492 e. The van der Waals surface area contributed by atoms with Gasteiger partial charge in [0.15, 0.2) is 4.80 Å². The van der Waals surface area contributed by atoms with Crippen LogP contribution in [0.5, 0.6) is 5.75 Å². The molecular weight excluding hydrogens is 498 g/mol. The Hall–Kier alpha value is -2.53. The third kappa shape index (κ3) is 5.56. The van der Waals surface area contributed by atoms with Crippen LogP contribution in [0.1, 0.15) is 50.4 Å². The number of thiazole rings is 1. The van der Waals surface area contributed by atoms with E-state index in [4.69, 9.17) is 9.47 Å². The lowest BCUT2D eigenvalue weighted by Gasteiger charge is -2.32. The number of nitrogens with zero attached hydrogens (tertiary/aromatic N) is 3. The van der Waals surface area contributed by atoms with E-state index in [1.54, 1.807) is 4.31 Å². The molecular formula is C26H33N3O5S2. The normalized spacial score (nSPS) is 17.5. The van der Waals surface area contributed by atoms with Gasteiger partial charge in [0.25, 0.3) is 5.91 Å². The summed E-state index contributed by atoms with van der Waals surface area (Å²) in [6.45, 7) is 8.45. The van der Waals surface area contributed by atoms with E-state index in [-0.39, 0.29) is 10.9 Å². The number of carbonyl (C=O) groups excluding carboxylic acids is 1. The van der Waals surface area contributed by atoms with Crippen molar-refractivity contribution in [2.45, 2.75) is 57.5 Å². The second-order valence-corrected chi connectivity index (χ2v) is 11.6. The summed E-state index contributed by atoms with van der Waals surface area (Å²) in [6, 6.07) is 11.9. The van der Waals surface area contributed by atoms with Gasteiger partial charge in [-0.3, -0.25) is 4.79 Å². The minimum Gasteiger partial charge on any atom is -0.492 e. The lowest BCUT2D eigenvalue weighted by Crippen LogP contribution is -2.41. The predicted molar refractivity (Wildman–Crippen MR) is 141 cm³/mol. The molecule has 4 rings (SSSR count). The molecule has 0 aliphatic carbocycles. The fourth-order valence-electron chi connectivity index (χ4n) is 4.45. The molecule has 0 spiro atoms. The van der Waals surface area contributed by atoms with Crippen LogP contribution >= 0.6 is 11.3 Å². The van der Waals surface area contributed by atoms with E-state index in [1.807, 2.05) is 43.5 Å². The number of benzene rings is 2. The molecule has 2 heterocycles. The van der Waals surface area contributed by atoms with Crippen molar-refractivity contribution in [3.8, 4) is 5.75 Å². The first kappa shape index (κ1) is 26.5. The number of rotatable bonds is 9. The zero-order chi connectivity index (χ0) is 25.7. The summed E-state index contributed by atoms with van der Waals surface area (Å²) in [5.74, 6) is 0.304. The minimum absolute atomic E-state index is 0.0262. The highest BCUT2D eigenvalue weighted by Crippen LogP contribution is 2.28. The van der Waals surface area contributed by atoms with Gasteiger partial charge in [0.2, 0.25) is 10.0 Å². The van der Waals surface area contributed by atoms with Gasteiger partial charge in [0.05, 0.1) is 22.8 Å². The van der Waals surface area contributed by atoms with Crippen LogP contribution in [0, 0.1) is 0 Å². The topological polar surface area (TPSA) is 90.2 Å². The second-order valence-electron chi connectivity index (χ2n) is 8.67. The van der Waals surface area contributed by atoms with Crippen LogP contribution in [0.4, 0.5) is 0 Å². The molecule has 1 aromatic heterocycles. The van der Waals surface area contributed by atoms with Gasteiger partial charge in [-0.25, -0.2) is 8.42 Å². The average molecular weight is 532 g/mol. The molecule has 1 saturated heterocycles. The van der Waals surface area contributed by atoms with E-state index >= 15 is 0 Å². The van der Waals surface area contributed by atoms with Crippen molar-refractivity contribution in [3.63, 3.8) is 0 Å². The SMILES string of the molecule is CCOCCn1c(=NC(=O)c2ccc(S(=O)(=O)N3CCCCC3C)cc2)sc2cccc(OCC)c21. The maximum atomic E-state index is 13.1. The molecule has 1 atom stereocenters. The molecule has 1 amide bonds. The second kappa shape index (κ2) is 11.7. The summed E-state index contributed by atoms with van der Waals surface area (Å²) in [5.41, 5.74) is 1.21. The molecule has 2 aromatic carbocycles. The van der Waals surface area contributed by atoms with Crippen molar-refractivity contribution in [2.75, 3.05) is 26.4 Å². The zero-order valence-corrected chi connectivity index (χ0v) is 22.6. The monoisotopic (exact) mass is 531 g/mol. The molecule has 0 radical (unpaired) electrons. The molecule has 1 unspecified atom stereocenters. The Morgan fingerprint density at radius 1 is 1.11 bits per heavy atom. The van der Waals surface area contributed by atoms with Crippen LogP contribution in [0.3, 0.4) is 0 Å². The van der Waals surface area contributed by atoms with E-state index in [2.05, 4.69) is 4.99 Å². The van der Waals surface area contributed by atoms with E-state index in [0.717, 1.165) is 35.2 Å². The highest BCUT2D eigenvalue weighted by atomic mass is 32.2. The number of ether oxygens (including phenoxy) is 2. The quantitative estimate of drug-likeness (QED) is 0.381. The smallest absolute Gasteiger partial charge is 0.279 e. The molecule has 194 valence electrons. The van der Waals surface area contributed by atoms with Crippen LogP contribution in [0.25, 0.3) is 10.2 Å². The number of para-hydroxylation sites is 1. The third-order valence-corrected chi connectivity index (χ3v) is 9.35. The fraction of sp³-hybridized carbons (Fsp3) is 0.462. The van der Waals surface area contributed by atoms with Gasteiger partial charge in [-0.15, -0.1) is 0 Å². The zero-order valence-electron chi connectivity index (χ0n) is 21.0. The highest BCUT2D eigenvalue weighted by Gasteiger charge is 2.31. The van der Waals surface area contributed by atoms with Crippen LogP contribution < -0.4 is 9.54 Å². The first-order valence-corrected chi connectivity index (χ1v) is 14.7. The van der Waals surface area contributed by atoms with E-state index in [9.17, 15) is 13.2 Å². The van der Waals surface area contributed by atoms with E-state index in [1.165, 1.54) is 35.6 Å². The van der Waals surface area contributed by atoms with Gasteiger partial charge >= 0.3 is 0 Å². The van der Waals surface area contributed by atoms with Gasteiger partial charge in [0.1, 0.15) is 11.3 Å². The summed E-state index contributed by atoms with van der Waals surface area (Å²) in [6.07, 6.45) is 2.76. The number of hydrogen-bond donors (Lipinski definition) is 0. The van der Waals surface area contributed by atoms with Crippen molar-refractivity contribution in [1.29, 1.82) is 0 Å². The molecule has 1 fully saturated rings. The summed E-state index contributed by atoms with van der Waals surface area (Å²) in [7, 11) is -3.60. The Morgan fingerprint density at radius 2 is 1.89 bits per heavy atom. The summed E-state index contributed by atoms with van der Waals surface area (Å²) >= 11 is 1.41. The first-order chi connectivity index (χ1) is 17.4.